The van der Waals surface area contributed by atoms with Crippen LogP contribution in [0.1, 0.15) is 34.1 Å². The molecule has 133 valence electrons. The zero-order valence-corrected chi connectivity index (χ0v) is 14.0. The molecule has 22 heavy (non-hydrogen) atoms. The summed E-state index contributed by atoms with van der Waals surface area (Å²) >= 11 is 0. The van der Waals surface area contributed by atoms with Crippen molar-refractivity contribution < 1.29 is 56.7 Å². The van der Waals surface area contributed by atoms with Crippen LogP contribution in [0.2, 0.25) is 0 Å². The van der Waals surface area contributed by atoms with Crippen molar-refractivity contribution in [1.82, 2.24) is 0 Å². The SMILES string of the molecule is CC(=O)O.CC(=O)[O-].CC(=O)[O-].CC(=O)[O-].NCCCN.[Fe+3]. The summed E-state index contributed by atoms with van der Waals surface area (Å²) in [5, 5.41) is 34.1. The number of carbonyl (C=O) groups is 4. The van der Waals surface area contributed by atoms with Crippen LogP contribution in [0.3, 0.4) is 0 Å². The van der Waals surface area contributed by atoms with E-state index >= 15 is 0 Å². The van der Waals surface area contributed by atoms with Crippen molar-refractivity contribution in [3.63, 3.8) is 0 Å². The van der Waals surface area contributed by atoms with Crippen molar-refractivity contribution in [3.05, 3.63) is 0 Å². The van der Waals surface area contributed by atoms with Crippen molar-refractivity contribution in [1.29, 1.82) is 0 Å². The molecule has 0 heterocycles. The Labute approximate surface area is 140 Å². The van der Waals surface area contributed by atoms with Gasteiger partial charge in [-0.15, -0.1) is 0 Å². The van der Waals surface area contributed by atoms with E-state index in [1.54, 1.807) is 0 Å². The van der Waals surface area contributed by atoms with Gasteiger partial charge in [-0.3, -0.25) is 4.79 Å². The van der Waals surface area contributed by atoms with E-state index in [2.05, 4.69) is 0 Å². The summed E-state index contributed by atoms with van der Waals surface area (Å²) in [4.78, 5) is 35.7. The molecule has 0 rings (SSSR count). The Morgan fingerprint density at radius 1 is 0.773 bits per heavy atom. The zero-order chi connectivity index (χ0) is 18.4. The van der Waals surface area contributed by atoms with E-state index in [4.69, 9.17) is 51.1 Å². The fourth-order valence-corrected chi connectivity index (χ4v) is 0.118. The average Bonchev–Trinajstić information content (AvgIpc) is 2.14. The van der Waals surface area contributed by atoms with Gasteiger partial charge in [0.15, 0.2) is 0 Å². The summed E-state index contributed by atoms with van der Waals surface area (Å²) < 4.78 is 0. The van der Waals surface area contributed by atoms with Gasteiger partial charge in [-0.25, -0.2) is 0 Å². The molecule has 0 aliphatic heterocycles. The fourth-order valence-electron chi connectivity index (χ4n) is 0.118. The third-order valence-electron chi connectivity index (χ3n) is 0.408. The number of aliphatic carboxylic acids is 4. The Morgan fingerprint density at radius 2 is 0.864 bits per heavy atom. The largest absolute Gasteiger partial charge is 3.00 e. The zero-order valence-electron chi connectivity index (χ0n) is 12.9. The van der Waals surface area contributed by atoms with Gasteiger partial charge in [0, 0.05) is 24.8 Å². The van der Waals surface area contributed by atoms with Crippen molar-refractivity contribution in [3.8, 4) is 0 Å². The molecule has 0 aromatic carbocycles. The predicted molar refractivity (Wildman–Crippen MR) is 68.1 cm³/mol. The second kappa shape index (κ2) is 36.5. The van der Waals surface area contributed by atoms with Crippen molar-refractivity contribution in [2.75, 3.05) is 13.1 Å². The molecule has 0 aromatic rings. The first-order valence-electron chi connectivity index (χ1n) is 5.47. The molecule has 11 heteroatoms. The Hall–Kier alpha value is -1.68. The minimum atomic E-state index is -1.08. The van der Waals surface area contributed by atoms with Gasteiger partial charge >= 0.3 is 17.1 Å². The molecular weight excluding hydrogens is 344 g/mol. The molecule has 5 N–H and O–H groups in total. The van der Waals surface area contributed by atoms with E-state index in [9.17, 15) is 0 Å². The molecule has 0 aromatic heterocycles. The van der Waals surface area contributed by atoms with Gasteiger partial charge in [0.1, 0.15) is 0 Å². The Morgan fingerprint density at radius 3 is 0.864 bits per heavy atom. The minimum Gasteiger partial charge on any atom is -0.550 e. The van der Waals surface area contributed by atoms with E-state index in [1.807, 2.05) is 0 Å². The van der Waals surface area contributed by atoms with Crippen LogP contribution in [0.5, 0.6) is 0 Å². The van der Waals surface area contributed by atoms with Crippen LogP contribution in [0.25, 0.3) is 0 Å². The molecule has 0 saturated heterocycles. The summed E-state index contributed by atoms with van der Waals surface area (Å²) in [5.41, 5.74) is 10.1. The number of hydrogen-bond donors (Lipinski definition) is 3. The predicted octanol–water partition coefficient (Wildman–Crippen LogP) is -4.35. The number of hydrogen-bond acceptors (Lipinski definition) is 9. The summed E-state index contributed by atoms with van der Waals surface area (Å²) in [5.74, 6) is -4.08. The van der Waals surface area contributed by atoms with Crippen LogP contribution in [0.15, 0.2) is 0 Å². The number of carboxylic acids is 4. The van der Waals surface area contributed by atoms with Gasteiger partial charge in [0.05, 0.1) is 0 Å². The average molecular weight is 367 g/mol. The van der Waals surface area contributed by atoms with E-state index < -0.39 is 23.9 Å². The molecule has 0 aliphatic rings. The maximum atomic E-state index is 9.00. The molecule has 0 saturated carbocycles. The maximum absolute atomic E-state index is 9.00. The van der Waals surface area contributed by atoms with E-state index in [0.29, 0.717) is 0 Å². The molecule has 0 unspecified atom stereocenters. The van der Waals surface area contributed by atoms with Crippen LogP contribution >= 0.6 is 0 Å². The second-order valence-corrected chi connectivity index (χ2v) is 2.92. The van der Waals surface area contributed by atoms with Crippen molar-refractivity contribution >= 4 is 23.9 Å². The molecule has 0 spiro atoms. The maximum Gasteiger partial charge on any atom is 3.00 e. The van der Waals surface area contributed by atoms with Crippen LogP contribution in [0.4, 0.5) is 0 Å². The third kappa shape index (κ3) is 53800. The standard InChI is InChI=1S/C3H10N2.4C2H4O2.Fe/c4-2-1-3-5;4*1-2(3)4;/h1-5H2;4*1H3,(H,3,4);/q;;;;;+3/p-3. The van der Waals surface area contributed by atoms with Gasteiger partial charge in [-0.1, -0.05) is 0 Å². The smallest absolute Gasteiger partial charge is 0.550 e. The first-order valence-corrected chi connectivity index (χ1v) is 5.47. The Balaban J connectivity index is -0.0000000361. The van der Waals surface area contributed by atoms with E-state index in [-0.39, 0.29) is 17.1 Å². The number of carboxylic acid groups (broad SMARTS) is 4. The van der Waals surface area contributed by atoms with Gasteiger partial charge in [-0.2, -0.15) is 0 Å². The molecule has 10 nitrogen and oxygen atoms in total. The fraction of sp³-hybridized carbons (Fsp3) is 0.636. The second-order valence-electron chi connectivity index (χ2n) is 2.92. The summed E-state index contributed by atoms with van der Waals surface area (Å²) in [6.45, 7) is 5.44. The molecular formula is C11H23FeN2O8. The van der Waals surface area contributed by atoms with Crippen LogP contribution in [0, 0.1) is 0 Å². The normalized spacial score (nSPS) is 6.45. The molecule has 0 bridgehead atoms. The van der Waals surface area contributed by atoms with Gasteiger partial charge in [0.25, 0.3) is 5.97 Å². The Bertz CT molecular complexity index is 209. The first-order chi connectivity index (χ1) is 9.34. The summed E-state index contributed by atoms with van der Waals surface area (Å²) in [6, 6.07) is 0. The Kier molecular flexibility index (Phi) is 61.4. The monoisotopic (exact) mass is 367 g/mol. The number of rotatable bonds is 2. The minimum absolute atomic E-state index is 0. The van der Waals surface area contributed by atoms with Crippen LogP contribution < -0.4 is 26.8 Å². The van der Waals surface area contributed by atoms with Crippen LogP contribution in [-0.4, -0.2) is 42.1 Å². The van der Waals surface area contributed by atoms with Gasteiger partial charge in [-0.05, 0) is 40.3 Å². The topological polar surface area (TPSA) is 210 Å². The van der Waals surface area contributed by atoms with Gasteiger partial charge in [0.2, 0.25) is 0 Å². The van der Waals surface area contributed by atoms with Crippen LogP contribution in [-0.2, 0) is 36.2 Å². The van der Waals surface area contributed by atoms with Crippen molar-refractivity contribution in [2.45, 2.75) is 34.1 Å². The molecule has 0 atom stereocenters. The summed E-state index contributed by atoms with van der Waals surface area (Å²) in [7, 11) is 0. The summed E-state index contributed by atoms with van der Waals surface area (Å²) in [6.07, 6.45) is 0.944. The quantitative estimate of drug-likeness (QED) is 0.399. The van der Waals surface area contributed by atoms with E-state index in [1.165, 1.54) is 0 Å². The molecule has 1 radical (unpaired) electrons. The molecule has 0 aliphatic carbocycles. The number of nitrogens with two attached hydrogens (primary N) is 2. The van der Waals surface area contributed by atoms with Gasteiger partial charge < -0.3 is 46.3 Å². The number of carbonyl (C=O) groups excluding carboxylic acids is 3. The van der Waals surface area contributed by atoms with E-state index in [0.717, 1.165) is 47.2 Å². The molecule has 0 fully saturated rings. The van der Waals surface area contributed by atoms with Crippen molar-refractivity contribution in [2.24, 2.45) is 11.5 Å². The molecule has 0 amide bonds. The third-order valence-corrected chi connectivity index (χ3v) is 0.408. The first kappa shape index (κ1) is 37.0.